The van der Waals surface area contributed by atoms with Gasteiger partial charge in [-0.1, -0.05) is 0 Å². The fourth-order valence-corrected chi connectivity index (χ4v) is 1.13. The van der Waals surface area contributed by atoms with Crippen molar-refractivity contribution in [1.82, 2.24) is 9.78 Å². The van der Waals surface area contributed by atoms with Crippen LogP contribution in [0.15, 0.2) is 6.20 Å². The quantitative estimate of drug-likeness (QED) is 0.627. The summed E-state index contributed by atoms with van der Waals surface area (Å²) < 4.78 is 25.5. The number of hydrogen-bond acceptors (Lipinski definition) is 4. The van der Waals surface area contributed by atoms with E-state index in [1.54, 1.807) is 0 Å². The Balaban J connectivity index is 3.31. The molecular weight excluding hydrogens is 228 g/mol. The van der Waals surface area contributed by atoms with E-state index in [0.29, 0.717) is 10.9 Å². The molecule has 0 aliphatic rings. The van der Waals surface area contributed by atoms with Crippen molar-refractivity contribution in [1.29, 1.82) is 0 Å². The van der Waals surface area contributed by atoms with E-state index in [1.165, 1.54) is 0 Å². The van der Waals surface area contributed by atoms with Crippen molar-refractivity contribution in [2.45, 2.75) is 19.4 Å². The molecule has 88 valence electrons. The molecule has 1 rings (SSSR count). The Morgan fingerprint density at radius 3 is 2.62 bits per heavy atom. The second-order valence-corrected chi connectivity index (χ2v) is 2.93. The molecule has 0 fully saturated rings. The Bertz CT molecular complexity index is 431. The first-order valence-corrected chi connectivity index (χ1v) is 4.09. The molecule has 1 aromatic heterocycles. The second-order valence-electron chi connectivity index (χ2n) is 2.93. The van der Waals surface area contributed by atoms with E-state index < -0.39 is 34.7 Å². The first kappa shape index (κ1) is 12.0. The maximum atomic E-state index is 12.5. The lowest BCUT2D eigenvalue weighted by atomic mass is 10.3. The van der Waals surface area contributed by atoms with Crippen molar-refractivity contribution in [3.8, 4) is 0 Å². The van der Waals surface area contributed by atoms with Gasteiger partial charge in [0.2, 0.25) is 0 Å². The largest absolute Gasteiger partial charge is 0.480 e. The van der Waals surface area contributed by atoms with Crippen molar-refractivity contribution in [3.63, 3.8) is 0 Å². The summed E-state index contributed by atoms with van der Waals surface area (Å²) in [6.45, 7) is 1.10. The summed E-state index contributed by atoms with van der Waals surface area (Å²) in [7, 11) is 0. The smallest absolute Gasteiger partial charge is 0.328 e. The number of aliphatic carboxylic acids is 1. The molecule has 0 spiro atoms. The maximum Gasteiger partial charge on any atom is 0.328 e. The molecule has 1 heterocycles. The lowest BCUT2D eigenvalue weighted by molar-refractivity contribution is -0.386. The predicted molar refractivity (Wildman–Crippen MR) is 46.2 cm³/mol. The van der Waals surface area contributed by atoms with Gasteiger partial charge in [-0.15, -0.1) is 0 Å². The zero-order valence-corrected chi connectivity index (χ0v) is 8.00. The van der Waals surface area contributed by atoms with Crippen LogP contribution < -0.4 is 0 Å². The third-order valence-corrected chi connectivity index (χ3v) is 1.94. The summed E-state index contributed by atoms with van der Waals surface area (Å²) in [5, 5.41) is 22.3. The second kappa shape index (κ2) is 4.21. The van der Waals surface area contributed by atoms with Gasteiger partial charge in [-0.3, -0.25) is 10.1 Å². The van der Waals surface area contributed by atoms with Gasteiger partial charge in [0.25, 0.3) is 6.43 Å². The number of carboxylic acid groups (broad SMARTS) is 1. The van der Waals surface area contributed by atoms with Crippen LogP contribution >= 0.6 is 0 Å². The zero-order chi connectivity index (χ0) is 12.5. The van der Waals surface area contributed by atoms with E-state index in [-0.39, 0.29) is 0 Å². The Kier molecular flexibility index (Phi) is 3.16. The van der Waals surface area contributed by atoms with Crippen molar-refractivity contribution in [3.05, 3.63) is 22.0 Å². The SMILES string of the molecule is C[C@H](C(=O)O)n1ncc([N+](=O)[O-])c1C(F)F. The highest BCUT2D eigenvalue weighted by atomic mass is 19.3. The zero-order valence-electron chi connectivity index (χ0n) is 8.00. The molecule has 0 saturated heterocycles. The third kappa shape index (κ3) is 1.97. The Hall–Kier alpha value is -2.06. The van der Waals surface area contributed by atoms with Gasteiger partial charge in [-0.25, -0.2) is 18.3 Å². The molecule has 0 bridgehead atoms. The van der Waals surface area contributed by atoms with Crippen LogP contribution in [0.1, 0.15) is 25.1 Å². The fraction of sp³-hybridized carbons (Fsp3) is 0.429. The van der Waals surface area contributed by atoms with Gasteiger partial charge in [0.15, 0.2) is 5.69 Å². The van der Waals surface area contributed by atoms with Crippen LogP contribution in [0.2, 0.25) is 0 Å². The highest BCUT2D eigenvalue weighted by Gasteiger charge is 2.31. The number of nitrogens with zero attached hydrogens (tertiary/aromatic N) is 3. The molecule has 0 aromatic carbocycles. The van der Waals surface area contributed by atoms with Crippen LogP contribution in [0, 0.1) is 10.1 Å². The lowest BCUT2D eigenvalue weighted by Gasteiger charge is -2.09. The van der Waals surface area contributed by atoms with E-state index in [0.717, 1.165) is 6.92 Å². The molecule has 0 unspecified atom stereocenters. The summed E-state index contributed by atoms with van der Waals surface area (Å²) in [6, 6.07) is -1.39. The number of halogens is 2. The van der Waals surface area contributed by atoms with Gasteiger partial charge < -0.3 is 5.11 Å². The van der Waals surface area contributed by atoms with Crippen molar-refractivity contribution >= 4 is 11.7 Å². The molecule has 1 atom stereocenters. The third-order valence-electron chi connectivity index (χ3n) is 1.94. The van der Waals surface area contributed by atoms with Gasteiger partial charge >= 0.3 is 11.7 Å². The van der Waals surface area contributed by atoms with Crippen molar-refractivity contribution < 1.29 is 23.6 Å². The molecule has 7 nitrogen and oxygen atoms in total. The van der Waals surface area contributed by atoms with Gasteiger partial charge in [-0.2, -0.15) is 5.10 Å². The van der Waals surface area contributed by atoms with E-state index in [4.69, 9.17) is 5.11 Å². The number of carbonyl (C=O) groups is 1. The summed E-state index contributed by atoms with van der Waals surface area (Å²) in [4.78, 5) is 20.0. The molecular formula is C7H7F2N3O4. The van der Waals surface area contributed by atoms with E-state index in [9.17, 15) is 23.7 Å². The van der Waals surface area contributed by atoms with Crippen molar-refractivity contribution in [2.75, 3.05) is 0 Å². The Morgan fingerprint density at radius 2 is 2.25 bits per heavy atom. The van der Waals surface area contributed by atoms with Crippen LogP contribution in [-0.4, -0.2) is 25.8 Å². The highest BCUT2D eigenvalue weighted by Crippen LogP contribution is 2.30. The molecule has 0 saturated carbocycles. The van der Waals surface area contributed by atoms with Crippen molar-refractivity contribution in [2.24, 2.45) is 0 Å². The summed E-state index contributed by atoms with van der Waals surface area (Å²) in [5.74, 6) is -1.40. The Morgan fingerprint density at radius 1 is 1.69 bits per heavy atom. The molecule has 0 amide bonds. The van der Waals surface area contributed by atoms with E-state index in [1.807, 2.05) is 0 Å². The molecule has 16 heavy (non-hydrogen) atoms. The van der Waals surface area contributed by atoms with Gasteiger partial charge in [-0.05, 0) is 6.92 Å². The summed E-state index contributed by atoms with van der Waals surface area (Å²) >= 11 is 0. The monoisotopic (exact) mass is 235 g/mol. The predicted octanol–water partition coefficient (Wildman–Crippen LogP) is 1.37. The maximum absolute atomic E-state index is 12.5. The average molecular weight is 235 g/mol. The number of rotatable bonds is 4. The summed E-state index contributed by atoms with van der Waals surface area (Å²) in [6.07, 6.45) is -2.55. The van der Waals surface area contributed by atoms with Crippen LogP contribution in [0.4, 0.5) is 14.5 Å². The average Bonchev–Trinajstić information content (AvgIpc) is 2.60. The highest BCUT2D eigenvalue weighted by molar-refractivity contribution is 5.71. The van der Waals surface area contributed by atoms with Crippen LogP contribution in [-0.2, 0) is 4.79 Å². The van der Waals surface area contributed by atoms with Crippen LogP contribution in [0.3, 0.4) is 0 Å². The molecule has 1 aromatic rings. The summed E-state index contributed by atoms with van der Waals surface area (Å²) in [5.41, 5.74) is -1.89. The molecule has 0 aliphatic heterocycles. The first-order chi connectivity index (χ1) is 7.36. The lowest BCUT2D eigenvalue weighted by Crippen LogP contribution is -2.19. The van der Waals surface area contributed by atoms with Gasteiger partial charge in [0.1, 0.15) is 12.2 Å². The topological polar surface area (TPSA) is 98.3 Å². The number of alkyl halides is 2. The molecule has 0 radical (unpaired) electrons. The minimum absolute atomic E-state index is 0.436. The van der Waals surface area contributed by atoms with Gasteiger partial charge in [0.05, 0.1) is 4.92 Å². The number of aromatic nitrogens is 2. The minimum Gasteiger partial charge on any atom is -0.480 e. The van der Waals surface area contributed by atoms with E-state index in [2.05, 4.69) is 5.10 Å². The first-order valence-electron chi connectivity index (χ1n) is 4.09. The van der Waals surface area contributed by atoms with Crippen LogP contribution in [0.25, 0.3) is 0 Å². The number of carboxylic acids is 1. The normalized spacial score (nSPS) is 12.8. The molecule has 9 heteroatoms. The minimum atomic E-state index is -3.16. The number of hydrogen-bond donors (Lipinski definition) is 1. The Labute approximate surface area is 87.4 Å². The molecule has 1 N–H and O–H groups in total. The standard InChI is InChI=1S/C7H7F2N3O4/c1-3(7(13)14)11-5(6(8)9)4(2-10-11)12(15)16/h2-3,6H,1H3,(H,13,14)/t3-/m1/s1. The number of nitro groups is 1. The van der Waals surface area contributed by atoms with Gasteiger partial charge in [0, 0.05) is 0 Å². The van der Waals surface area contributed by atoms with E-state index >= 15 is 0 Å². The fourth-order valence-electron chi connectivity index (χ4n) is 1.13. The molecule has 0 aliphatic carbocycles. The van der Waals surface area contributed by atoms with Crippen LogP contribution in [0.5, 0.6) is 0 Å².